The summed E-state index contributed by atoms with van der Waals surface area (Å²) in [5.41, 5.74) is 7.41. The van der Waals surface area contributed by atoms with E-state index in [1.165, 1.54) is 0 Å². The number of aliphatic hydroxyl groups excluding tert-OH is 1. The lowest BCUT2D eigenvalue weighted by atomic mass is 9.99. The topological polar surface area (TPSA) is 46.2 Å². The molecule has 3 heteroatoms. The minimum Gasteiger partial charge on any atom is -0.387 e. The molecule has 1 aromatic rings. The lowest BCUT2D eigenvalue weighted by Gasteiger charge is -2.17. The van der Waals surface area contributed by atoms with E-state index in [2.05, 4.69) is 0 Å². The predicted molar refractivity (Wildman–Crippen MR) is 54.8 cm³/mol. The molecule has 0 aromatic heterocycles. The minimum atomic E-state index is -0.640. The average Bonchev–Trinajstić information content (AvgIpc) is 2.08. The fourth-order valence-electron chi connectivity index (χ4n) is 1.21. The first-order chi connectivity index (χ1) is 6.02. The Hall–Kier alpha value is -0.570. The number of hydrogen-bond donors (Lipinski definition) is 2. The molecule has 0 radical (unpaired) electrons. The maximum Gasteiger partial charge on any atom is 0.0941 e. The summed E-state index contributed by atoms with van der Waals surface area (Å²) in [6, 6.07) is 5.15. The molecule has 13 heavy (non-hydrogen) atoms. The van der Waals surface area contributed by atoms with Crippen molar-refractivity contribution in [3.05, 3.63) is 34.3 Å². The molecule has 0 aliphatic carbocycles. The van der Waals surface area contributed by atoms with Crippen LogP contribution in [0.15, 0.2) is 18.2 Å². The van der Waals surface area contributed by atoms with Crippen molar-refractivity contribution in [1.82, 2.24) is 0 Å². The average molecular weight is 200 g/mol. The molecule has 0 spiro atoms. The summed E-state index contributed by atoms with van der Waals surface area (Å²) < 4.78 is 0. The van der Waals surface area contributed by atoms with Crippen LogP contribution in [-0.2, 0) is 0 Å². The van der Waals surface area contributed by atoms with Gasteiger partial charge in [0.2, 0.25) is 0 Å². The van der Waals surface area contributed by atoms with Gasteiger partial charge in [-0.15, -0.1) is 0 Å². The summed E-state index contributed by atoms with van der Waals surface area (Å²) in [5, 5.41) is 10.3. The predicted octanol–water partition coefficient (Wildman–Crippen LogP) is 2.03. The third-order valence-corrected chi connectivity index (χ3v) is 2.29. The fraction of sp³-hybridized carbons (Fsp3) is 0.400. The lowest BCUT2D eigenvalue weighted by Crippen LogP contribution is -2.24. The third-order valence-electron chi connectivity index (χ3n) is 2.06. The summed E-state index contributed by atoms with van der Waals surface area (Å²) in [6.45, 7) is 3.70. The maximum absolute atomic E-state index is 9.72. The molecule has 0 saturated carbocycles. The number of halogens is 1. The number of aliphatic hydroxyl groups is 1. The molecule has 1 aromatic carbocycles. The Morgan fingerprint density at radius 1 is 1.46 bits per heavy atom. The zero-order valence-corrected chi connectivity index (χ0v) is 8.55. The van der Waals surface area contributed by atoms with Gasteiger partial charge in [-0.1, -0.05) is 17.7 Å². The molecule has 0 unspecified atom stereocenters. The Labute approximate surface area is 83.3 Å². The summed E-state index contributed by atoms with van der Waals surface area (Å²) in [7, 11) is 0. The largest absolute Gasteiger partial charge is 0.387 e. The molecule has 0 saturated heterocycles. The minimum absolute atomic E-state index is 0.280. The maximum atomic E-state index is 9.72. The summed E-state index contributed by atoms with van der Waals surface area (Å²) in [5.74, 6) is 0. The molecule has 0 aliphatic heterocycles. The Kier molecular flexibility index (Phi) is 3.31. The summed E-state index contributed by atoms with van der Waals surface area (Å²) >= 11 is 5.81. The van der Waals surface area contributed by atoms with Crippen molar-refractivity contribution in [1.29, 1.82) is 0 Å². The van der Waals surface area contributed by atoms with E-state index in [0.717, 1.165) is 11.1 Å². The van der Waals surface area contributed by atoms with Crippen LogP contribution in [0.3, 0.4) is 0 Å². The second-order valence-corrected chi connectivity index (χ2v) is 3.74. The molecule has 3 N–H and O–H groups in total. The monoisotopic (exact) mass is 199 g/mol. The Morgan fingerprint density at radius 2 is 2.08 bits per heavy atom. The van der Waals surface area contributed by atoms with Crippen LogP contribution in [0, 0.1) is 6.92 Å². The zero-order valence-electron chi connectivity index (χ0n) is 7.79. The van der Waals surface area contributed by atoms with Crippen LogP contribution in [-0.4, -0.2) is 11.1 Å². The normalized spacial score (nSPS) is 15.5. The van der Waals surface area contributed by atoms with Gasteiger partial charge in [0, 0.05) is 11.1 Å². The van der Waals surface area contributed by atoms with Gasteiger partial charge in [0.15, 0.2) is 0 Å². The van der Waals surface area contributed by atoms with E-state index in [4.69, 9.17) is 17.3 Å². The highest BCUT2D eigenvalue weighted by molar-refractivity contribution is 6.30. The Bertz CT molecular complexity index is 299. The van der Waals surface area contributed by atoms with E-state index in [-0.39, 0.29) is 6.04 Å². The van der Waals surface area contributed by atoms with Gasteiger partial charge in [-0.3, -0.25) is 0 Å². The van der Waals surface area contributed by atoms with E-state index < -0.39 is 6.10 Å². The smallest absolute Gasteiger partial charge is 0.0941 e. The van der Waals surface area contributed by atoms with Crippen LogP contribution in [0.4, 0.5) is 0 Å². The number of benzene rings is 1. The van der Waals surface area contributed by atoms with Gasteiger partial charge in [0.05, 0.1) is 6.10 Å². The zero-order chi connectivity index (χ0) is 10.0. The molecule has 1 rings (SSSR count). The van der Waals surface area contributed by atoms with Gasteiger partial charge >= 0.3 is 0 Å². The van der Waals surface area contributed by atoms with Gasteiger partial charge < -0.3 is 10.8 Å². The van der Waals surface area contributed by atoms with Gasteiger partial charge in [-0.05, 0) is 37.1 Å². The lowest BCUT2D eigenvalue weighted by molar-refractivity contribution is 0.152. The van der Waals surface area contributed by atoms with Crippen LogP contribution in [0.1, 0.15) is 24.2 Å². The van der Waals surface area contributed by atoms with Crippen LogP contribution < -0.4 is 5.73 Å². The van der Waals surface area contributed by atoms with Crippen molar-refractivity contribution in [2.45, 2.75) is 26.0 Å². The summed E-state index contributed by atoms with van der Waals surface area (Å²) in [6.07, 6.45) is -0.640. The Morgan fingerprint density at radius 3 is 2.62 bits per heavy atom. The van der Waals surface area contributed by atoms with Crippen molar-refractivity contribution in [2.24, 2.45) is 5.73 Å². The van der Waals surface area contributed by atoms with Gasteiger partial charge in [-0.2, -0.15) is 0 Å². The van der Waals surface area contributed by atoms with Gasteiger partial charge in [0.25, 0.3) is 0 Å². The molecular formula is C10H14ClNO. The van der Waals surface area contributed by atoms with Gasteiger partial charge in [-0.25, -0.2) is 0 Å². The first kappa shape index (κ1) is 10.5. The third kappa shape index (κ3) is 2.44. The van der Waals surface area contributed by atoms with Crippen LogP contribution in [0.2, 0.25) is 5.02 Å². The molecule has 0 aliphatic rings. The highest BCUT2D eigenvalue weighted by Crippen LogP contribution is 2.23. The van der Waals surface area contributed by atoms with E-state index in [1.807, 2.05) is 13.0 Å². The van der Waals surface area contributed by atoms with Crippen molar-refractivity contribution in [3.63, 3.8) is 0 Å². The Balaban J connectivity index is 3.05. The van der Waals surface area contributed by atoms with Crippen LogP contribution in [0.5, 0.6) is 0 Å². The van der Waals surface area contributed by atoms with E-state index >= 15 is 0 Å². The van der Waals surface area contributed by atoms with Crippen molar-refractivity contribution < 1.29 is 5.11 Å². The van der Waals surface area contributed by atoms with E-state index in [9.17, 15) is 5.11 Å². The second-order valence-electron chi connectivity index (χ2n) is 3.30. The number of aryl methyl sites for hydroxylation is 1. The van der Waals surface area contributed by atoms with Gasteiger partial charge in [0.1, 0.15) is 0 Å². The number of hydrogen-bond acceptors (Lipinski definition) is 2. The number of nitrogens with two attached hydrogens (primary N) is 1. The quantitative estimate of drug-likeness (QED) is 0.766. The first-order valence-corrected chi connectivity index (χ1v) is 4.60. The molecule has 72 valence electrons. The van der Waals surface area contributed by atoms with Crippen molar-refractivity contribution in [2.75, 3.05) is 0 Å². The van der Waals surface area contributed by atoms with Crippen LogP contribution in [0.25, 0.3) is 0 Å². The highest BCUT2D eigenvalue weighted by atomic mass is 35.5. The first-order valence-electron chi connectivity index (χ1n) is 4.22. The summed E-state index contributed by atoms with van der Waals surface area (Å²) in [4.78, 5) is 0. The molecule has 0 amide bonds. The highest BCUT2D eigenvalue weighted by Gasteiger charge is 2.14. The van der Waals surface area contributed by atoms with E-state index in [1.54, 1.807) is 19.1 Å². The number of rotatable bonds is 2. The van der Waals surface area contributed by atoms with Crippen molar-refractivity contribution >= 4 is 11.6 Å². The van der Waals surface area contributed by atoms with E-state index in [0.29, 0.717) is 5.02 Å². The van der Waals surface area contributed by atoms with Crippen molar-refractivity contribution in [3.8, 4) is 0 Å². The molecular weight excluding hydrogens is 186 g/mol. The molecule has 2 atom stereocenters. The standard InChI is InChI=1S/C10H14ClNO/c1-6-3-4-8(11)5-9(6)10(13)7(2)12/h3-5,7,10,13H,12H2,1-2H3/t7-,10+/m1/s1. The molecule has 0 bridgehead atoms. The second kappa shape index (κ2) is 4.09. The molecule has 0 heterocycles. The SMILES string of the molecule is Cc1ccc(Cl)cc1[C@@H](O)[C@@H](C)N. The molecule has 0 fully saturated rings. The molecule has 2 nitrogen and oxygen atoms in total. The van der Waals surface area contributed by atoms with Crippen LogP contribution >= 0.6 is 11.6 Å². The fourth-order valence-corrected chi connectivity index (χ4v) is 1.39.